The van der Waals surface area contributed by atoms with E-state index in [4.69, 9.17) is 55.9 Å². The highest BCUT2D eigenvalue weighted by Crippen LogP contribution is 2.36. The van der Waals surface area contributed by atoms with Crippen molar-refractivity contribution in [2.24, 2.45) is 0 Å². The Labute approximate surface area is 356 Å². The molecule has 4 aromatic carbocycles. The molecule has 0 saturated carbocycles. The van der Waals surface area contributed by atoms with E-state index in [1.807, 2.05) is 45.0 Å². The molecule has 0 aromatic heterocycles. The second kappa shape index (κ2) is 20.9. The average Bonchev–Trinajstić information content (AvgIpc) is 3.16. The largest absolute Gasteiger partial charge is 0.508 e. The zero-order valence-corrected chi connectivity index (χ0v) is 36.3. The first-order chi connectivity index (χ1) is 26.9. The first-order valence-electron chi connectivity index (χ1n) is 18.4. The van der Waals surface area contributed by atoms with Crippen LogP contribution in [0.25, 0.3) is 0 Å². The molecule has 4 rings (SSSR count). The normalized spacial score (nSPS) is 11.6. The molecule has 9 nitrogen and oxygen atoms in total. The van der Waals surface area contributed by atoms with E-state index in [1.54, 1.807) is 69.6 Å². The Bertz CT molecular complexity index is 2080. The lowest BCUT2D eigenvalue weighted by Crippen LogP contribution is -2.41. The summed E-state index contributed by atoms with van der Waals surface area (Å²) >= 11 is 26.4. The third-order valence-corrected chi connectivity index (χ3v) is 10.9. The van der Waals surface area contributed by atoms with E-state index in [0.29, 0.717) is 62.8 Å². The van der Waals surface area contributed by atoms with Crippen LogP contribution in [0.5, 0.6) is 23.0 Å². The summed E-state index contributed by atoms with van der Waals surface area (Å²) in [6.45, 7) is 5.90. The van der Waals surface area contributed by atoms with Crippen molar-refractivity contribution in [2.45, 2.75) is 58.3 Å². The Hall–Kier alpha value is -4.30. The number of carbonyl (C=O) groups is 2. The smallest absolute Gasteiger partial charge is 0.274 e. The van der Waals surface area contributed by atoms with E-state index in [2.05, 4.69) is 11.8 Å². The van der Waals surface area contributed by atoms with Crippen molar-refractivity contribution in [3.05, 3.63) is 114 Å². The van der Waals surface area contributed by atoms with Gasteiger partial charge >= 0.3 is 0 Å². The number of aromatic hydroxyl groups is 2. The average molecular weight is 858 g/mol. The standard InChI is InChI=1S/C44H49Cl4N3O6/c1-27(2)33-17-29(12-14-41(33)52)19-35-37(45)21-31(22-38(35)46)56-25-43(54)50(6)16-10-8-9-11-28(3)34-18-30(13-15-42(34)53)20-36-39(47)23-32(24-40(36)48)57-26-44(55)51(7)49(4)5/h12-15,17-18,21-24,27-28,52-53H,9,11,16,19-20,25-26H2,1-7H3. The van der Waals surface area contributed by atoms with Gasteiger partial charge in [-0.15, -0.1) is 5.92 Å². The molecule has 0 aliphatic heterocycles. The highest BCUT2D eigenvalue weighted by atomic mass is 35.5. The molecule has 57 heavy (non-hydrogen) atoms. The number of hydrogen-bond acceptors (Lipinski definition) is 7. The van der Waals surface area contributed by atoms with Gasteiger partial charge in [0.15, 0.2) is 13.2 Å². The van der Waals surface area contributed by atoms with Crippen LogP contribution in [0.15, 0.2) is 60.7 Å². The first-order valence-corrected chi connectivity index (χ1v) is 19.9. The molecule has 1 atom stereocenters. The maximum absolute atomic E-state index is 12.8. The number of likely N-dealkylation sites (N-methyl/N-ethyl adjacent to an activating group) is 2. The van der Waals surface area contributed by atoms with E-state index in [-0.39, 0.29) is 54.9 Å². The predicted octanol–water partition coefficient (Wildman–Crippen LogP) is 9.75. The number of amides is 2. The minimum absolute atomic E-state index is 0.00444. The van der Waals surface area contributed by atoms with E-state index in [9.17, 15) is 19.8 Å². The predicted molar refractivity (Wildman–Crippen MR) is 229 cm³/mol. The zero-order valence-electron chi connectivity index (χ0n) is 33.3. The fourth-order valence-corrected chi connectivity index (χ4v) is 7.07. The minimum Gasteiger partial charge on any atom is -0.508 e. The number of phenolic OH excluding ortho intramolecular Hbond substituents is 2. The van der Waals surface area contributed by atoms with E-state index >= 15 is 0 Å². The molecular weight excluding hydrogens is 808 g/mol. The van der Waals surface area contributed by atoms with Crippen LogP contribution in [0.2, 0.25) is 20.1 Å². The number of ether oxygens (including phenoxy) is 2. The van der Waals surface area contributed by atoms with Gasteiger partial charge in [0.1, 0.15) is 23.0 Å². The van der Waals surface area contributed by atoms with Gasteiger partial charge in [0, 0.05) is 67.5 Å². The molecule has 2 amide bonds. The molecule has 13 heteroatoms. The van der Waals surface area contributed by atoms with Crippen molar-refractivity contribution in [2.75, 3.05) is 47.9 Å². The molecule has 4 aromatic rings. The quantitative estimate of drug-likeness (QED) is 0.0855. The van der Waals surface area contributed by atoms with Crippen molar-refractivity contribution in [1.82, 2.24) is 14.9 Å². The summed E-state index contributed by atoms with van der Waals surface area (Å²) in [5.74, 6) is 7.07. The molecule has 0 fully saturated rings. The number of halogens is 4. The molecule has 304 valence electrons. The maximum Gasteiger partial charge on any atom is 0.274 e. The van der Waals surface area contributed by atoms with Gasteiger partial charge in [-0.1, -0.05) is 97.4 Å². The van der Waals surface area contributed by atoms with Crippen LogP contribution >= 0.6 is 46.4 Å². The van der Waals surface area contributed by atoms with Crippen LogP contribution in [-0.2, 0) is 22.4 Å². The van der Waals surface area contributed by atoms with E-state index in [1.165, 1.54) is 9.91 Å². The Morgan fingerprint density at radius 3 is 1.60 bits per heavy atom. The zero-order chi connectivity index (χ0) is 42.0. The number of nitrogens with zero attached hydrogens (tertiary/aromatic N) is 3. The lowest BCUT2D eigenvalue weighted by Gasteiger charge is -2.24. The Kier molecular flexibility index (Phi) is 16.7. The summed E-state index contributed by atoms with van der Waals surface area (Å²) in [6.07, 6.45) is 2.14. The highest BCUT2D eigenvalue weighted by molar-refractivity contribution is 6.36. The van der Waals surface area contributed by atoms with Crippen LogP contribution in [0.4, 0.5) is 0 Å². The summed E-state index contributed by atoms with van der Waals surface area (Å²) in [7, 11) is 6.83. The van der Waals surface area contributed by atoms with Crippen molar-refractivity contribution >= 4 is 58.2 Å². The molecule has 1 unspecified atom stereocenters. The number of rotatable bonds is 16. The molecular formula is C44H49Cl4N3O6. The molecule has 0 spiro atoms. The van der Waals surface area contributed by atoms with Gasteiger partial charge in [0.2, 0.25) is 0 Å². The first kappa shape index (κ1) is 45.4. The SMILES string of the molecule is CC(C)c1cc(Cc2c(Cl)cc(OCC(=O)N(C)CC#CCCC(C)c3cc(Cc4c(Cl)cc(OCC(=O)N(C)N(C)C)cc4Cl)ccc3O)cc2Cl)ccc1O. The summed E-state index contributed by atoms with van der Waals surface area (Å²) in [4.78, 5) is 26.6. The fourth-order valence-electron chi connectivity index (χ4n) is 5.87. The Balaban J connectivity index is 1.26. The van der Waals surface area contributed by atoms with Gasteiger partial charge in [-0.2, -0.15) is 0 Å². The van der Waals surface area contributed by atoms with Gasteiger partial charge < -0.3 is 24.6 Å². The Morgan fingerprint density at radius 2 is 1.12 bits per heavy atom. The summed E-state index contributed by atoms with van der Waals surface area (Å²) in [5, 5.41) is 25.6. The number of hydrogen-bond donors (Lipinski definition) is 2. The molecule has 0 heterocycles. The van der Waals surface area contributed by atoms with Crippen LogP contribution in [0, 0.1) is 11.8 Å². The highest BCUT2D eigenvalue weighted by Gasteiger charge is 2.18. The number of carbonyl (C=O) groups excluding carboxylic acids is 2. The topological polar surface area (TPSA) is 103 Å². The monoisotopic (exact) mass is 855 g/mol. The lowest BCUT2D eigenvalue weighted by molar-refractivity contribution is -0.143. The summed E-state index contributed by atoms with van der Waals surface area (Å²) in [6, 6.07) is 17.5. The van der Waals surface area contributed by atoms with Crippen LogP contribution in [0.1, 0.15) is 78.8 Å². The fraction of sp³-hybridized carbons (Fsp3) is 0.364. The van der Waals surface area contributed by atoms with Crippen molar-refractivity contribution < 1.29 is 29.3 Å². The summed E-state index contributed by atoms with van der Waals surface area (Å²) < 4.78 is 11.4. The second-order valence-electron chi connectivity index (χ2n) is 14.4. The second-order valence-corrected chi connectivity index (χ2v) is 16.0. The number of hydrazine groups is 1. The van der Waals surface area contributed by atoms with Crippen LogP contribution in [0.3, 0.4) is 0 Å². The summed E-state index contributed by atoms with van der Waals surface area (Å²) in [5.41, 5.74) is 4.94. The van der Waals surface area contributed by atoms with Gasteiger partial charge in [0.05, 0.1) is 6.54 Å². The van der Waals surface area contributed by atoms with Crippen molar-refractivity contribution in [3.63, 3.8) is 0 Å². The third-order valence-electron chi connectivity index (χ3n) is 9.58. The third kappa shape index (κ3) is 12.8. The van der Waals surface area contributed by atoms with Gasteiger partial charge in [-0.05, 0) is 88.0 Å². The molecule has 0 aliphatic carbocycles. The molecule has 0 radical (unpaired) electrons. The Morgan fingerprint density at radius 1 is 0.667 bits per heavy atom. The minimum atomic E-state index is -0.258. The number of phenols is 2. The lowest BCUT2D eigenvalue weighted by atomic mass is 9.92. The molecule has 0 aliphatic rings. The number of benzene rings is 4. The van der Waals surface area contributed by atoms with Crippen molar-refractivity contribution in [1.29, 1.82) is 0 Å². The van der Waals surface area contributed by atoms with Gasteiger partial charge in [-0.3, -0.25) is 14.6 Å². The van der Waals surface area contributed by atoms with Crippen LogP contribution < -0.4 is 9.47 Å². The van der Waals surface area contributed by atoms with Crippen LogP contribution in [-0.4, -0.2) is 84.9 Å². The molecule has 2 N–H and O–H groups in total. The molecule has 0 bridgehead atoms. The van der Waals surface area contributed by atoms with Gasteiger partial charge in [-0.25, -0.2) is 5.01 Å². The maximum atomic E-state index is 12.8. The van der Waals surface area contributed by atoms with Crippen molar-refractivity contribution in [3.8, 4) is 34.8 Å². The van der Waals surface area contributed by atoms with E-state index in [0.717, 1.165) is 27.8 Å². The van der Waals surface area contributed by atoms with Gasteiger partial charge in [0.25, 0.3) is 11.8 Å². The molecule has 0 saturated heterocycles. The van der Waals surface area contributed by atoms with E-state index < -0.39 is 0 Å².